The van der Waals surface area contributed by atoms with Gasteiger partial charge in [0.1, 0.15) is 17.4 Å². The summed E-state index contributed by atoms with van der Waals surface area (Å²) in [6, 6.07) is 4.56. The molecular weight excluding hydrogens is 219 g/mol. The lowest BCUT2D eigenvalue weighted by molar-refractivity contribution is 0.314. The van der Waals surface area contributed by atoms with Crippen molar-refractivity contribution in [1.29, 1.82) is 0 Å². The zero-order valence-electron chi connectivity index (χ0n) is 9.98. The second-order valence-corrected chi connectivity index (χ2v) is 3.96. The fourth-order valence-electron chi connectivity index (χ4n) is 1.62. The predicted octanol–water partition coefficient (Wildman–Crippen LogP) is 2.49. The molecule has 0 spiro atoms. The van der Waals surface area contributed by atoms with Gasteiger partial charge in [-0.05, 0) is 18.6 Å². The average molecular weight is 234 g/mol. The third-order valence-corrected chi connectivity index (χ3v) is 2.65. The molecule has 1 aromatic heterocycles. The van der Waals surface area contributed by atoms with Crippen LogP contribution in [0.3, 0.4) is 0 Å². The summed E-state index contributed by atoms with van der Waals surface area (Å²) in [4.78, 5) is 4.20. The lowest BCUT2D eigenvalue weighted by Crippen LogP contribution is -2.06. The van der Waals surface area contributed by atoms with Crippen molar-refractivity contribution < 1.29 is 9.13 Å². The highest BCUT2D eigenvalue weighted by atomic mass is 19.1. The first-order chi connectivity index (χ1) is 8.16. The minimum atomic E-state index is -0.275. The third kappa shape index (κ3) is 2.84. The molecule has 0 fully saturated rings. The number of nitrogens with zero attached hydrogens (tertiary/aromatic N) is 2. The van der Waals surface area contributed by atoms with Gasteiger partial charge in [-0.2, -0.15) is 0 Å². The molecular formula is C13H15FN2O. The van der Waals surface area contributed by atoms with Crippen LogP contribution in [0.25, 0.3) is 0 Å². The Kier molecular flexibility index (Phi) is 3.42. The number of imidazole rings is 1. The highest BCUT2D eigenvalue weighted by Gasteiger charge is 2.03. The van der Waals surface area contributed by atoms with Gasteiger partial charge in [-0.1, -0.05) is 6.07 Å². The van der Waals surface area contributed by atoms with E-state index in [-0.39, 0.29) is 5.82 Å². The van der Waals surface area contributed by atoms with Gasteiger partial charge in [-0.3, -0.25) is 0 Å². The molecule has 0 amide bonds. The quantitative estimate of drug-likeness (QED) is 0.812. The molecule has 0 radical (unpaired) electrons. The summed E-state index contributed by atoms with van der Waals surface area (Å²) in [5, 5.41) is 0. The van der Waals surface area contributed by atoms with Gasteiger partial charge in [0.15, 0.2) is 0 Å². The average Bonchev–Trinajstić information content (AvgIpc) is 2.70. The highest BCUT2D eigenvalue weighted by molar-refractivity contribution is 5.32. The Morgan fingerprint density at radius 2 is 2.24 bits per heavy atom. The molecule has 0 unspecified atom stereocenters. The second kappa shape index (κ2) is 4.99. The molecule has 0 atom stereocenters. The number of benzene rings is 1. The van der Waals surface area contributed by atoms with Crippen molar-refractivity contribution in [2.75, 3.05) is 6.61 Å². The van der Waals surface area contributed by atoms with E-state index in [4.69, 9.17) is 4.74 Å². The molecule has 2 aromatic rings. The summed E-state index contributed by atoms with van der Waals surface area (Å²) in [6.07, 6.45) is 4.35. The molecule has 2 rings (SSSR count). The number of aryl methyl sites for hydroxylation is 2. The van der Waals surface area contributed by atoms with Crippen LogP contribution < -0.4 is 4.74 Å². The number of hydrogen-bond acceptors (Lipinski definition) is 2. The number of ether oxygens (including phenoxy) is 1. The zero-order chi connectivity index (χ0) is 12.3. The minimum absolute atomic E-state index is 0.275. The molecule has 3 nitrogen and oxygen atoms in total. The third-order valence-electron chi connectivity index (χ3n) is 2.65. The first-order valence-corrected chi connectivity index (χ1v) is 5.52. The number of hydrogen-bond donors (Lipinski definition) is 0. The van der Waals surface area contributed by atoms with Crippen molar-refractivity contribution in [3.8, 4) is 5.75 Å². The molecule has 1 aromatic carbocycles. The number of aromatic nitrogens is 2. The predicted molar refractivity (Wildman–Crippen MR) is 63.5 cm³/mol. The van der Waals surface area contributed by atoms with Crippen LogP contribution in [0, 0.1) is 12.7 Å². The summed E-state index contributed by atoms with van der Waals surface area (Å²) >= 11 is 0. The standard InChI is InChI=1S/C13H15FN2O/c1-10-3-4-11(14)9-12(10)17-8-5-13-15-6-7-16(13)2/h3-4,6-7,9H,5,8H2,1-2H3. The molecule has 0 N–H and O–H groups in total. The van der Waals surface area contributed by atoms with Crippen molar-refractivity contribution in [3.05, 3.63) is 47.8 Å². The van der Waals surface area contributed by atoms with Crippen LogP contribution in [-0.4, -0.2) is 16.2 Å². The molecule has 1 heterocycles. The zero-order valence-corrected chi connectivity index (χ0v) is 9.98. The Bertz CT molecular complexity index is 508. The van der Waals surface area contributed by atoms with E-state index in [1.165, 1.54) is 12.1 Å². The van der Waals surface area contributed by atoms with Gasteiger partial charge in [0.25, 0.3) is 0 Å². The lowest BCUT2D eigenvalue weighted by atomic mass is 10.2. The fourth-order valence-corrected chi connectivity index (χ4v) is 1.62. The van der Waals surface area contributed by atoms with Crippen molar-refractivity contribution in [1.82, 2.24) is 9.55 Å². The number of halogens is 1. The topological polar surface area (TPSA) is 27.1 Å². The summed E-state index contributed by atoms with van der Waals surface area (Å²) in [7, 11) is 1.94. The maximum Gasteiger partial charge on any atom is 0.126 e. The van der Waals surface area contributed by atoms with Crippen molar-refractivity contribution in [2.45, 2.75) is 13.3 Å². The minimum Gasteiger partial charge on any atom is -0.493 e. The summed E-state index contributed by atoms with van der Waals surface area (Å²) in [6.45, 7) is 2.39. The molecule has 0 aliphatic heterocycles. The monoisotopic (exact) mass is 234 g/mol. The maximum absolute atomic E-state index is 13.0. The molecule has 4 heteroatoms. The second-order valence-electron chi connectivity index (χ2n) is 3.96. The van der Waals surface area contributed by atoms with Crippen LogP contribution in [0.15, 0.2) is 30.6 Å². The van der Waals surface area contributed by atoms with E-state index in [1.807, 2.05) is 24.7 Å². The van der Waals surface area contributed by atoms with E-state index >= 15 is 0 Å². The Labute approximate surface area is 99.9 Å². The van der Waals surface area contributed by atoms with Crippen LogP contribution in [-0.2, 0) is 13.5 Å². The summed E-state index contributed by atoms with van der Waals surface area (Å²) in [5.41, 5.74) is 0.936. The SMILES string of the molecule is Cc1ccc(F)cc1OCCc1nccn1C. The van der Waals surface area contributed by atoms with Gasteiger partial charge in [0.05, 0.1) is 6.61 Å². The summed E-state index contributed by atoms with van der Waals surface area (Å²) in [5.74, 6) is 1.28. The van der Waals surface area contributed by atoms with Gasteiger partial charge in [-0.25, -0.2) is 9.37 Å². The van der Waals surface area contributed by atoms with E-state index in [0.717, 1.165) is 11.4 Å². The van der Waals surface area contributed by atoms with Crippen LogP contribution in [0.1, 0.15) is 11.4 Å². The molecule has 0 bridgehead atoms. The van der Waals surface area contributed by atoms with Crippen LogP contribution >= 0.6 is 0 Å². The van der Waals surface area contributed by atoms with Crippen LogP contribution in [0.5, 0.6) is 5.75 Å². The Hall–Kier alpha value is -1.84. The highest BCUT2D eigenvalue weighted by Crippen LogP contribution is 2.18. The smallest absolute Gasteiger partial charge is 0.126 e. The largest absolute Gasteiger partial charge is 0.493 e. The van der Waals surface area contributed by atoms with E-state index in [0.29, 0.717) is 18.8 Å². The first kappa shape index (κ1) is 11.6. The van der Waals surface area contributed by atoms with Crippen molar-refractivity contribution in [3.63, 3.8) is 0 Å². The number of rotatable bonds is 4. The van der Waals surface area contributed by atoms with E-state index in [9.17, 15) is 4.39 Å². The van der Waals surface area contributed by atoms with E-state index in [2.05, 4.69) is 4.98 Å². The van der Waals surface area contributed by atoms with Gasteiger partial charge < -0.3 is 9.30 Å². The molecule has 90 valence electrons. The van der Waals surface area contributed by atoms with Gasteiger partial charge >= 0.3 is 0 Å². The van der Waals surface area contributed by atoms with Gasteiger partial charge in [0.2, 0.25) is 0 Å². The van der Waals surface area contributed by atoms with E-state index < -0.39 is 0 Å². The normalized spacial score (nSPS) is 10.5. The molecule has 0 aliphatic rings. The molecule has 0 saturated carbocycles. The first-order valence-electron chi connectivity index (χ1n) is 5.52. The van der Waals surface area contributed by atoms with Crippen LogP contribution in [0.2, 0.25) is 0 Å². The Morgan fingerprint density at radius 3 is 2.94 bits per heavy atom. The maximum atomic E-state index is 13.0. The Balaban J connectivity index is 1.94. The Morgan fingerprint density at radius 1 is 1.41 bits per heavy atom. The van der Waals surface area contributed by atoms with Gasteiger partial charge in [-0.15, -0.1) is 0 Å². The molecule has 0 aliphatic carbocycles. The van der Waals surface area contributed by atoms with Crippen LogP contribution in [0.4, 0.5) is 4.39 Å². The van der Waals surface area contributed by atoms with E-state index in [1.54, 1.807) is 12.3 Å². The summed E-state index contributed by atoms with van der Waals surface area (Å²) < 4.78 is 20.5. The van der Waals surface area contributed by atoms with Gasteiger partial charge in [0, 0.05) is 31.9 Å². The molecule has 17 heavy (non-hydrogen) atoms. The van der Waals surface area contributed by atoms with Crippen molar-refractivity contribution in [2.24, 2.45) is 7.05 Å². The fraction of sp³-hybridized carbons (Fsp3) is 0.308. The molecule has 0 saturated heterocycles. The van der Waals surface area contributed by atoms with Crippen molar-refractivity contribution >= 4 is 0 Å². The lowest BCUT2D eigenvalue weighted by Gasteiger charge is -2.09.